The molecular weight excluding hydrogens is 298 g/mol. The predicted octanol–water partition coefficient (Wildman–Crippen LogP) is 2.61. The third kappa shape index (κ3) is 3.91. The second-order valence-electron chi connectivity index (χ2n) is 5.25. The molecule has 1 N–H and O–H groups in total. The van der Waals surface area contributed by atoms with Crippen molar-refractivity contribution in [1.29, 1.82) is 0 Å². The minimum Gasteiger partial charge on any atom is -0.426 e. The zero-order valence-electron chi connectivity index (χ0n) is 12.9. The van der Waals surface area contributed by atoms with E-state index in [4.69, 9.17) is 18.6 Å². The first-order valence-electron chi connectivity index (χ1n) is 7.50. The number of furan rings is 1. The second-order valence-corrected chi connectivity index (χ2v) is 5.25. The van der Waals surface area contributed by atoms with E-state index in [1.807, 2.05) is 30.3 Å². The number of rotatable bonds is 5. The highest BCUT2D eigenvalue weighted by Gasteiger charge is 2.28. The molecule has 0 radical (unpaired) electrons. The van der Waals surface area contributed by atoms with Crippen LogP contribution in [-0.2, 0) is 9.47 Å². The molecule has 6 nitrogen and oxygen atoms in total. The Morgan fingerprint density at radius 1 is 1.22 bits per heavy atom. The Bertz CT molecular complexity index is 639. The molecule has 3 rings (SSSR count). The van der Waals surface area contributed by atoms with Crippen molar-refractivity contribution < 1.29 is 23.4 Å². The minimum absolute atomic E-state index is 0.0927. The normalized spacial score (nSPS) is 20.9. The number of amides is 1. The summed E-state index contributed by atoms with van der Waals surface area (Å²) in [4.78, 5) is 12.3. The van der Waals surface area contributed by atoms with Gasteiger partial charge in [-0.25, -0.2) is 0 Å². The number of para-hydroxylation sites is 1. The summed E-state index contributed by atoms with van der Waals surface area (Å²) in [5.74, 6) is 0.841. The summed E-state index contributed by atoms with van der Waals surface area (Å²) in [6.07, 6.45) is 0.556. The number of nitrogens with one attached hydrogen (secondary N) is 1. The summed E-state index contributed by atoms with van der Waals surface area (Å²) >= 11 is 0. The number of carbonyl (C=O) groups is 1. The zero-order valence-corrected chi connectivity index (χ0v) is 12.9. The molecule has 2 atom stereocenters. The van der Waals surface area contributed by atoms with Crippen LogP contribution in [0.2, 0.25) is 0 Å². The van der Waals surface area contributed by atoms with Crippen LogP contribution in [0.25, 0.3) is 0 Å². The van der Waals surface area contributed by atoms with Gasteiger partial charge < -0.3 is 23.9 Å². The van der Waals surface area contributed by atoms with Crippen molar-refractivity contribution in [2.45, 2.75) is 18.6 Å². The molecule has 2 aromatic rings. The standard InChI is InChI=1S/C17H19NO5/c1-20-15-11-21-10-9-13(15)18-17(19)14-7-8-16(23-14)22-12-5-3-2-4-6-12/h2-8,13,15H,9-11H2,1H3,(H,18,19)/t13-,15-/m1/s1. The van der Waals surface area contributed by atoms with E-state index in [1.165, 1.54) is 0 Å². The van der Waals surface area contributed by atoms with Crippen molar-refractivity contribution in [1.82, 2.24) is 5.32 Å². The quantitative estimate of drug-likeness (QED) is 0.918. The van der Waals surface area contributed by atoms with E-state index in [1.54, 1.807) is 19.2 Å². The van der Waals surface area contributed by atoms with E-state index in [0.29, 0.717) is 25.4 Å². The van der Waals surface area contributed by atoms with E-state index >= 15 is 0 Å². The van der Waals surface area contributed by atoms with E-state index in [2.05, 4.69) is 5.32 Å². The molecule has 1 aromatic heterocycles. The van der Waals surface area contributed by atoms with Crippen LogP contribution in [0.4, 0.5) is 0 Å². The van der Waals surface area contributed by atoms with Crippen molar-refractivity contribution in [2.75, 3.05) is 20.3 Å². The maximum absolute atomic E-state index is 12.3. The number of methoxy groups -OCH3 is 1. The van der Waals surface area contributed by atoms with Gasteiger partial charge in [0, 0.05) is 19.8 Å². The Morgan fingerprint density at radius 3 is 2.83 bits per heavy atom. The van der Waals surface area contributed by atoms with Crippen molar-refractivity contribution >= 4 is 5.91 Å². The lowest BCUT2D eigenvalue weighted by Crippen LogP contribution is -2.49. The molecule has 1 saturated heterocycles. The van der Waals surface area contributed by atoms with Crippen molar-refractivity contribution in [3.8, 4) is 11.7 Å². The molecule has 0 aliphatic carbocycles. The second kappa shape index (κ2) is 7.30. The van der Waals surface area contributed by atoms with E-state index in [9.17, 15) is 4.79 Å². The van der Waals surface area contributed by atoms with Crippen molar-refractivity contribution in [2.24, 2.45) is 0 Å². The van der Waals surface area contributed by atoms with Gasteiger partial charge >= 0.3 is 0 Å². The summed E-state index contributed by atoms with van der Waals surface area (Å²) in [5, 5.41) is 2.92. The highest BCUT2D eigenvalue weighted by molar-refractivity contribution is 5.91. The highest BCUT2D eigenvalue weighted by Crippen LogP contribution is 2.23. The molecule has 1 aliphatic heterocycles. The SMILES string of the molecule is CO[C@@H]1COCC[C@H]1NC(=O)c1ccc(Oc2ccccc2)o1. The van der Waals surface area contributed by atoms with E-state index in [-0.39, 0.29) is 29.8 Å². The van der Waals surface area contributed by atoms with Gasteiger partial charge in [-0.3, -0.25) is 4.79 Å². The first kappa shape index (κ1) is 15.6. The fraction of sp³-hybridized carbons (Fsp3) is 0.353. The van der Waals surface area contributed by atoms with Gasteiger partial charge in [0.15, 0.2) is 5.76 Å². The lowest BCUT2D eigenvalue weighted by molar-refractivity contribution is -0.0480. The van der Waals surface area contributed by atoms with Gasteiger partial charge in [0.1, 0.15) is 11.9 Å². The molecule has 1 fully saturated rings. The third-order valence-electron chi connectivity index (χ3n) is 3.69. The molecule has 0 saturated carbocycles. The molecule has 0 bridgehead atoms. The van der Waals surface area contributed by atoms with Crippen LogP contribution in [0.1, 0.15) is 17.0 Å². The van der Waals surface area contributed by atoms with Gasteiger partial charge in [-0.2, -0.15) is 0 Å². The molecule has 0 unspecified atom stereocenters. The van der Waals surface area contributed by atoms with Gasteiger partial charge in [-0.15, -0.1) is 0 Å². The molecule has 122 valence electrons. The van der Waals surface area contributed by atoms with Gasteiger partial charge in [-0.1, -0.05) is 18.2 Å². The predicted molar refractivity (Wildman–Crippen MR) is 82.7 cm³/mol. The number of hydrogen-bond acceptors (Lipinski definition) is 5. The van der Waals surface area contributed by atoms with Gasteiger partial charge in [0.05, 0.1) is 12.6 Å². The summed E-state index contributed by atoms with van der Waals surface area (Å²) in [6, 6.07) is 12.4. The van der Waals surface area contributed by atoms with Crippen LogP contribution in [0.15, 0.2) is 46.9 Å². The van der Waals surface area contributed by atoms with Gasteiger partial charge in [-0.05, 0) is 24.6 Å². The average Bonchev–Trinajstić information content (AvgIpc) is 3.05. The van der Waals surface area contributed by atoms with Crippen molar-refractivity contribution in [3.05, 3.63) is 48.2 Å². The zero-order chi connectivity index (χ0) is 16.1. The Kier molecular flexibility index (Phi) is 4.95. The summed E-state index contributed by atoms with van der Waals surface area (Å²) < 4.78 is 21.7. The molecule has 6 heteroatoms. The summed E-state index contributed by atoms with van der Waals surface area (Å²) in [7, 11) is 1.61. The number of carbonyl (C=O) groups excluding carboxylic acids is 1. The van der Waals surface area contributed by atoms with Crippen LogP contribution in [0.3, 0.4) is 0 Å². The molecule has 0 spiro atoms. The molecule has 1 aromatic carbocycles. The minimum atomic E-state index is -0.290. The maximum atomic E-state index is 12.3. The Labute approximate surface area is 134 Å². The first-order valence-corrected chi connectivity index (χ1v) is 7.50. The van der Waals surface area contributed by atoms with Crippen LogP contribution in [0.5, 0.6) is 11.7 Å². The number of hydrogen-bond donors (Lipinski definition) is 1. The van der Waals surface area contributed by atoms with Crippen LogP contribution < -0.4 is 10.1 Å². The lowest BCUT2D eigenvalue weighted by atomic mass is 10.1. The van der Waals surface area contributed by atoms with Crippen molar-refractivity contribution in [3.63, 3.8) is 0 Å². The Morgan fingerprint density at radius 2 is 2.04 bits per heavy atom. The largest absolute Gasteiger partial charge is 0.426 e. The number of ether oxygens (including phenoxy) is 3. The number of benzene rings is 1. The smallest absolute Gasteiger partial charge is 0.290 e. The third-order valence-corrected chi connectivity index (χ3v) is 3.69. The molecule has 1 aliphatic rings. The van der Waals surface area contributed by atoms with Crippen LogP contribution >= 0.6 is 0 Å². The molecule has 2 heterocycles. The van der Waals surface area contributed by atoms with E-state index < -0.39 is 0 Å². The molecular formula is C17H19NO5. The molecule has 1 amide bonds. The fourth-order valence-electron chi connectivity index (χ4n) is 2.45. The Hall–Kier alpha value is -2.31. The molecule has 23 heavy (non-hydrogen) atoms. The van der Waals surface area contributed by atoms with Gasteiger partial charge in [0.25, 0.3) is 11.9 Å². The maximum Gasteiger partial charge on any atom is 0.290 e. The van der Waals surface area contributed by atoms with Crippen LogP contribution in [0, 0.1) is 0 Å². The fourth-order valence-corrected chi connectivity index (χ4v) is 2.45. The summed E-state index contributed by atoms with van der Waals surface area (Å²) in [5.41, 5.74) is 0. The summed E-state index contributed by atoms with van der Waals surface area (Å²) in [6.45, 7) is 1.08. The average molecular weight is 317 g/mol. The van der Waals surface area contributed by atoms with E-state index in [0.717, 1.165) is 0 Å². The van der Waals surface area contributed by atoms with Gasteiger partial charge in [0.2, 0.25) is 0 Å². The lowest BCUT2D eigenvalue weighted by Gasteiger charge is -2.30. The highest BCUT2D eigenvalue weighted by atomic mass is 16.6. The monoisotopic (exact) mass is 317 g/mol. The Balaban J connectivity index is 1.62. The topological polar surface area (TPSA) is 69.9 Å². The van der Waals surface area contributed by atoms with Crippen LogP contribution in [-0.4, -0.2) is 38.4 Å². The first-order chi connectivity index (χ1) is 11.3.